The van der Waals surface area contributed by atoms with Crippen LogP contribution >= 0.6 is 11.8 Å². The lowest BCUT2D eigenvalue weighted by atomic mass is 10.2. The second-order valence-corrected chi connectivity index (χ2v) is 4.13. The van der Waals surface area contributed by atoms with Crippen molar-refractivity contribution in [2.24, 2.45) is 0 Å². The molecule has 0 aromatic heterocycles. The molecule has 0 bridgehead atoms. The van der Waals surface area contributed by atoms with E-state index in [-0.39, 0.29) is 5.91 Å². The molecule has 0 radical (unpaired) electrons. The van der Waals surface area contributed by atoms with E-state index in [0.717, 1.165) is 4.90 Å². The molecule has 0 fully saturated rings. The van der Waals surface area contributed by atoms with Gasteiger partial charge in [0.05, 0.1) is 11.4 Å². The molecule has 5 nitrogen and oxygen atoms in total. The van der Waals surface area contributed by atoms with Crippen LogP contribution in [-0.4, -0.2) is 17.6 Å². The van der Waals surface area contributed by atoms with E-state index < -0.39 is 5.91 Å². The Balaban J connectivity index is 2.25. The highest BCUT2D eigenvalue weighted by Crippen LogP contribution is 2.33. The fraction of sp³-hybridized carbons (Fsp3) is 0.100. The Morgan fingerprint density at radius 1 is 1.56 bits per heavy atom. The number of anilines is 2. The zero-order valence-electron chi connectivity index (χ0n) is 8.11. The number of hydrogen-bond donors (Lipinski definition) is 2. The lowest BCUT2D eigenvalue weighted by molar-refractivity contribution is -0.114. The Hall–Kier alpha value is -2.00. The van der Waals surface area contributed by atoms with Gasteiger partial charge in [-0.1, -0.05) is 0 Å². The van der Waals surface area contributed by atoms with E-state index in [2.05, 4.69) is 10.6 Å². The average molecular weight is 233 g/mol. The lowest BCUT2D eigenvalue weighted by Crippen LogP contribution is -2.19. The van der Waals surface area contributed by atoms with Crippen LogP contribution in [0.5, 0.6) is 0 Å². The monoisotopic (exact) mass is 233 g/mol. The first-order chi connectivity index (χ1) is 7.69. The topological polar surface area (TPSA) is 82.0 Å². The highest BCUT2D eigenvalue weighted by Gasteiger charge is 2.15. The van der Waals surface area contributed by atoms with E-state index in [1.54, 1.807) is 18.2 Å². The smallest absolute Gasteiger partial charge is 0.324 e. The first kappa shape index (κ1) is 10.5. The molecule has 1 aromatic carbocycles. The summed E-state index contributed by atoms with van der Waals surface area (Å²) in [5.74, 6) is -0.396. The summed E-state index contributed by atoms with van der Waals surface area (Å²) in [7, 11) is 0. The summed E-state index contributed by atoms with van der Waals surface area (Å²) in [6.45, 7) is 0. The van der Waals surface area contributed by atoms with Crippen molar-refractivity contribution >= 4 is 35.0 Å². The number of fused-ring (bicyclic) bond motifs is 1. The van der Waals surface area contributed by atoms with Crippen LogP contribution in [0.3, 0.4) is 0 Å². The van der Waals surface area contributed by atoms with Crippen LogP contribution < -0.4 is 10.6 Å². The van der Waals surface area contributed by atoms with E-state index in [1.807, 2.05) is 0 Å². The maximum atomic E-state index is 11.1. The van der Waals surface area contributed by atoms with Gasteiger partial charge in [0.1, 0.15) is 0 Å². The van der Waals surface area contributed by atoms with Crippen LogP contribution in [0.1, 0.15) is 0 Å². The van der Waals surface area contributed by atoms with E-state index in [1.165, 1.54) is 17.8 Å². The van der Waals surface area contributed by atoms with Crippen LogP contribution in [-0.2, 0) is 9.59 Å². The van der Waals surface area contributed by atoms with Gasteiger partial charge in [0.25, 0.3) is 0 Å². The van der Waals surface area contributed by atoms with Gasteiger partial charge in [0.15, 0.2) is 6.07 Å². The van der Waals surface area contributed by atoms with Crippen LogP contribution in [0, 0.1) is 11.3 Å². The highest BCUT2D eigenvalue weighted by molar-refractivity contribution is 8.00. The molecule has 16 heavy (non-hydrogen) atoms. The number of carbonyl (C=O) groups excluding carboxylic acids is 2. The van der Waals surface area contributed by atoms with Gasteiger partial charge in [-0.15, -0.1) is 11.8 Å². The van der Waals surface area contributed by atoms with Crippen molar-refractivity contribution in [2.45, 2.75) is 4.90 Å². The number of rotatable bonds is 1. The summed E-state index contributed by atoms with van der Waals surface area (Å²) in [6.07, 6.45) is 0. The molecular formula is C10H7N3O2S. The van der Waals surface area contributed by atoms with Crippen molar-refractivity contribution in [2.75, 3.05) is 16.4 Å². The Morgan fingerprint density at radius 3 is 3.12 bits per heavy atom. The summed E-state index contributed by atoms with van der Waals surface area (Å²) in [4.78, 5) is 22.9. The summed E-state index contributed by atoms with van der Waals surface area (Å²) in [5, 5.41) is 13.4. The maximum Gasteiger partial charge on any atom is 0.326 e. The van der Waals surface area contributed by atoms with Gasteiger partial charge in [-0.05, 0) is 18.2 Å². The van der Waals surface area contributed by atoms with Crippen LogP contribution in [0.15, 0.2) is 23.1 Å². The van der Waals surface area contributed by atoms with Crippen LogP contribution in [0.4, 0.5) is 11.4 Å². The molecule has 0 unspecified atom stereocenters. The van der Waals surface area contributed by atoms with Gasteiger partial charge in [-0.25, -0.2) is 0 Å². The van der Waals surface area contributed by atoms with Crippen LogP contribution in [0.25, 0.3) is 0 Å². The fourth-order valence-electron chi connectivity index (χ4n) is 1.32. The maximum absolute atomic E-state index is 11.1. The first-order valence-corrected chi connectivity index (χ1v) is 5.45. The molecule has 0 aliphatic carbocycles. The minimum atomic E-state index is -0.727. The molecule has 2 amide bonds. The van der Waals surface area contributed by atoms with Gasteiger partial charge in [0, 0.05) is 10.6 Å². The van der Waals surface area contributed by atoms with Crippen molar-refractivity contribution in [1.82, 2.24) is 0 Å². The third kappa shape index (κ3) is 2.15. The molecule has 1 aliphatic heterocycles. The summed E-state index contributed by atoms with van der Waals surface area (Å²) >= 11 is 1.44. The molecular weight excluding hydrogens is 226 g/mol. The minimum absolute atomic E-state index is 0.0683. The summed E-state index contributed by atoms with van der Waals surface area (Å²) in [5.41, 5.74) is 1.16. The minimum Gasteiger partial charge on any atom is -0.324 e. The second kappa shape index (κ2) is 4.24. The quantitative estimate of drug-likeness (QED) is 0.714. The van der Waals surface area contributed by atoms with Crippen LogP contribution in [0.2, 0.25) is 0 Å². The predicted octanol–water partition coefficient (Wildman–Crippen LogP) is 1.19. The number of carbonyl (C=O) groups is 2. The average Bonchev–Trinajstić information content (AvgIpc) is 2.28. The molecule has 1 heterocycles. The van der Waals surface area contributed by atoms with E-state index in [4.69, 9.17) is 5.26 Å². The zero-order valence-corrected chi connectivity index (χ0v) is 8.93. The van der Waals surface area contributed by atoms with Gasteiger partial charge in [-0.2, -0.15) is 5.26 Å². The number of hydrogen-bond acceptors (Lipinski definition) is 4. The largest absolute Gasteiger partial charge is 0.326 e. The number of thioether (sulfide) groups is 1. The molecule has 80 valence electrons. The van der Waals surface area contributed by atoms with Crippen molar-refractivity contribution in [1.29, 1.82) is 5.26 Å². The van der Waals surface area contributed by atoms with Gasteiger partial charge in [0.2, 0.25) is 5.91 Å². The summed E-state index contributed by atoms with van der Waals surface area (Å²) < 4.78 is 0. The Kier molecular flexibility index (Phi) is 2.79. The van der Waals surface area contributed by atoms with Crippen molar-refractivity contribution < 1.29 is 9.59 Å². The normalized spacial score (nSPS) is 13.3. The Morgan fingerprint density at radius 2 is 2.38 bits per heavy atom. The second-order valence-electron chi connectivity index (χ2n) is 3.11. The molecule has 2 N–H and O–H groups in total. The number of benzene rings is 1. The third-order valence-corrected chi connectivity index (χ3v) is 3.05. The molecule has 0 saturated heterocycles. The number of amides is 2. The van der Waals surface area contributed by atoms with Gasteiger partial charge >= 0.3 is 5.91 Å². The van der Waals surface area contributed by atoms with Crippen molar-refractivity contribution in [3.05, 3.63) is 18.2 Å². The molecule has 1 aromatic rings. The highest BCUT2D eigenvalue weighted by atomic mass is 32.2. The SMILES string of the molecule is N#CC(=O)Nc1ccc2c(c1)NC(=O)CS2. The summed E-state index contributed by atoms with van der Waals surface area (Å²) in [6, 6.07) is 6.58. The van der Waals surface area contributed by atoms with E-state index in [9.17, 15) is 9.59 Å². The number of nitrogens with one attached hydrogen (secondary N) is 2. The molecule has 0 saturated carbocycles. The molecule has 6 heteroatoms. The van der Waals surface area contributed by atoms with E-state index >= 15 is 0 Å². The molecule has 0 spiro atoms. The van der Waals surface area contributed by atoms with Crippen molar-refractivity contribution in [3.63, 3.8) is 0 Å². The number of nitrogens with zero attached hydrogens (tertiary/aromatic N) is 1. The zero-order chi connectivity index (χ0) is 11.5. The first-order valence-electron chi connectivity index (χ1n) is 4.47. The van der Waals surface area contributed by atoms with Crippen molar-refractivity contribution in [3.8, 4) is 6.07 Å². The molecule has 1 aliphatic rings. The van der Waals surface area contributed by atoms with Gasteiger partial charge in [-0.3, -0.25) is 9.59 Å². The Bertz CT molecular complexity index is 507. The number of nitriles is 1. The lowest BCUT2D eigenvalue weighted by Gasteiger charge is -2.16. The van der Waals surface area contributed by atoms with Gasteiger partial charge < -0.3 is 10.6 Å². The molecule has 2 rings (SSSR count). The van der Waals surface area contributed by atoms with E-state index in [0.29, 0.717) is 17.1 Å². The molecule has 0 atom stereocenters. The third-order valence-electron chi connectivity index (χ3n) is 1.97. The predicted molar refractivity (Wildman–Crippen MR) is 60.0 cm³/mol. The Labute approximate surface area is 95.8 Å². The standard InChI is InChI=1S/C10H7N3O2S/c11-4-9(14)12-6-1-2-8-7(3-6)13-10(15)5-16-8/h1-3H,5H2,(H,12,14)(H,13,15). The fourth-order valence-corrected chi connectivity index (χ4v) is 2.11.